The van der Waals surface area contributed by atoms with E-state index < -0.39 is 5.54 Å². The number of fused-ring (bicyclic) bond motifs is 1. The van der Waals surface area contributed by atoms with Crippen LogP contribution in [0.1, 0.15) is 43.2 Å². The van der Waals surface area contributed by atoms with Crippen LogP contribution in [0.2, 0.25) is 0 Å². The maximum atomic E-state index is 12.4. The Kier molecular flexibility index (Phi) is 3.99. The van der Waals surface area contributed by atoms with Crippen LogP contribution in [0.5, 0.6) is 0 Å². The van der Waals surface area contributed by atoms with Gasteiger partial charge in [0.2, 0.25) is 0 Å². The molecule has 2 heterocycles. The van der Waals surface area contributed by atoms with Crippen molar-refractivity contribution in [2.75, 3.05) is 6.61 Å². The maximum Gasteiger partial charge on any atom is 0.255 e. The number of nitrogens with one attached hydrogen (secondary N) is 1. The smallest absolute Gasteiger partial charge is 0.255 e. The molecule has 108 valence electrons. The zero-order chi connectivity index (χ0) is 14.8. The molecule has 0 aromatic carbocycles. The molecule has 0 saturated carbocycles. The molecule has 2 rings (SSSR count). The van der Waals surface area contributed by atoms with Crippen molar-refractivity contribution in [3.63, 3.8) is 0 Å². The second-order valence-corrected chi connectivity index (χ2v) is 5.26. The summed E-state index contributed by atoms with van der Waals surface area (Å²) in [6.07, 6.45) is 4.07. The number of aromatic nitrogens is 4. The lowest BCUT2D eigenvalue weighted by molar-refractivity contribution is 0.0897. The van der Waals surface area contributed by atoms with E-state index >= 15 is 0 Å². The summed E-state index contributed by atoms with van der Waals surface area (Å²) in [6, 6.07) is 0. The minimum atomic E-state index is -0.478. The number of aliphatic hydroxyl groups is 1. The Morgan fingerprint density at radius 3 is 2.85 bits per heavy atom. The third-order valence-electron chi connectivity index (χ3n) is 3.17. The number of hydrogen-bond donors (Lipinski definition) is 2. The number of hydrogen-bond acceptors (Lipinski definition) is 5. The lowest BCUT2D eigenvalue weighted by Gasteiger charge is -2.25. The summed E-state index contributed by atoms with van der Waals surface area (Å²) in [4.78, 5) is 20.5. The summed E-state index contributed by atoms with van der Waals surface area (Å²) in [5, 5.41) is 16.0. The van der Waals surface area contributed by atoms with E-state index in [4.69, 9.17) is 5.11 Å². The van der Waals surface area contributed by atoms with Gasteiger partial charge in [-0.05, 0) is 26.7 Å². The molecule has 2 aromatic heterocycles. The molecule has 0 spiro atoms. The minimum Gasteiger partial charge on any atom is -0.396 e. The van der Waals surface area contributed by atoms with Crippen molar-refractivity contribution in [2.45, 2.75) is 39.2 Å². The molecular weight excluding hydrogens is 258 g/mol. The highest BCUT2D eigenvalue weighted by Gasteiger charge is 2.23. The Morgan fingerprint density at radius 2 is 2.20 bits per heavy atom. The van der Waals surface area contributed by atoms with Crippen molar-refractivity contribution in [1.29, 1.82) is 0 Å². The third-order valence-corrected chi connectivity index (χ3v) is 3.17. The van der Waals surface area contributed by atoms with Crippen LogP contribution >= 0.6 is 0 Å². The van der Waals surface area contributed by atoms with Crippen LogP contribution in [0.15, 0.2) is 12.5 Å². The van der Waals surface area contributed by atoms with Crippen molar-refractivity contribution in [1.82, 2.24) is 24.9 Å². The van der Waals surface area contributed by atoms with Gasteiger partial charge in [0, 0.05) is 18.3 Å². The van der Waals surface area contributed by atoms with Gasteiger partial charge in [0.15, 0.2) is 0 Å². The average Bonchev–Trinajstić information content (AvgIpc) is 2.84. The van der Waals surface area contributed by atoms with Crippen LogP contribution in [0.3, 0.4) is 0 Å². The number of aryl methyl sites for hydroxylation is 1. The first kappa shape index (κ1) is 14.4. The van der Waals surface area contributed by atoms with Crippen molar-refractivity contribution < 1.29 is 9.90 Å². The maximum absolute atomic E-state index is 12.4. The first-order valence-corrected chi connectivity index (χ1v) is 6.59. The van der Waals surface area contributed by atoms with Crippen molar-refractivity contribution in [3.8, 4) is 0 Å². The second kappa shape index (κ2) is 5.54. The Balaban J connectivity index is 2.34. The van der Waals surface area contributed by atoms with Gasteiger partial charge in [-0.25, -0.2) is 9.50 Å². The molecule has 0 radical (unpaired) electrons. The summed E-state index contributed by atoms with van der Waals surface area (Å²) < 4.78 is 1.58. The third kappa shape index (κ3) is 2.77. The van der Waals surface area contributed by atoms with E-state index in [0.717, 1.165) is 5.69 Å². The highest BCUT2D eigenvalue weighted by Crippen LogP contribution is 2.13. The lowest BCUT2D eigenvalue weighted by Crippen LogP contribution is -2.44. The summed E-state index contributed by atoms with van der Waals surface area (Å²) in [5.74, 6) is 0.262. The first-order valence-electron chi connectivity index (χ1n) is 6.59. The zero-order valence-electron chi connectivity index (χ0n) is 11.9. The monoisotopic (exact) mass is 277 g/mol. The summed E-state index contributed by atoms with van der Waals surface area (Å²) in [5.41, 5.74) is 0.773. The topological polar surface area (TPSA) is 92.4 Å². The molecule has 0 aliphatic rings. The van der Waals surface area contributed by atoms with Gasteiger partial charge in [0.25, 0.3) is 11.7 Å². The zero-order valence-corrected chi connectivity index (χ0v) is 11.9. The Labute approximate surface area is 117 Å². The van der Waals surface area contributed by atoms with Gasteiger partial charge in [-0.1, -0.05) is 6.92 Å². The number of rotatable bonds is 5. The van der Waals surface area contributed by atoms with E-state index in [-0.39, 0.29) is 12.5 Å². The molecule has 0 aliphatic heterocycles. The number of carbonyl (C=O) groups excluding carboxylic acids is 1. The van der Waals surface area contributed by atoms with Crippen molar-refractivity contribution in [3.05, 3.63) is 23.8 Å². The lowest BCUT2D eigenvalue weighted by atomic mass is 10.0. The number of amides is 1. The number of carbonyl (C=O) groups is 1. The largest absolute Gasteiger partial charge is 0.396 e. The standard InChI is InChI=1S/C13H19N5O2/c1-4-10-9(7-14-12-15-8-16-18(10)12)11(20)17-13(2,3)5-6-19/h7-8,19H,4-6H2,1-3H3,(H,17,20). The van der Waals surface area contributed by atoms with Crippen LogP contribution < -0.4 is 5.32 Å². The summed E-state index contributed by atoms with van der Waals surface area (Å²) >= 11 is 0. The first-order chi connectivity index (χ1) is 9.48. The van der Waals surface area contributed by atoms with Crippen LogP contribution in [-0.4, -0.2) is 42.7 Å². The van der Waals surface area contributed by atoms with Gasteiger partial charge in [-0.3, -0.25) is 4.79 Å². The van der Waals surface area contributed by atoms with E-state index in [0.29, 0.717) is 24.2 Å². The number of nitrogens with zero attached hydrogens (tertiary/aromatic N) is 4. The van der Waals surface area contributed by atoms with Crippen LogP contribution in [-0.2, 0) is 6.42 Å². The molecule has 0 fully saturated rings. The molecule has 7 heteroatoms. The van der Waals surface area contributed by atoms with E-state index in [2.05, 4.69) is 20.4 Å². The molecular formula is C13H19N5O2. The Morgan fingerprint density at radius 1 is 1.45 bits per heavy atom. The van der Waals surface area contributed by atoms with E-state index in [1.165, 1.54) is 12.5 Å². The minimum absolute atomic E-state index is 0.0221. The van der Waals surface area contributed by atoms with Crippen molar-refractivity contribution in [2.24, 2.45) is 0 Å². The molecule has 7 nitrogen and oxygen atoms in total. The van der Waals surface area contributed by atoms with E-state index in [1.54, 1.807) is 4.52 Å². The highest BCUT2D eigenvalue weighted by atomic mass is 16.3. The fourth-order valence-electron chi connectivity index (χ4n) is 2.07. The predicted octanol–water partition coefficient (Wildman–Crippen LogP) is 0.577. The average molecular weight is 277 g/mol. The van der Waals surface area contributed by atoms with Crippen LogP contribution in [0, 0.1) is 0 Å². The Hall–Kier alpha value is -2.02. The number of aliphatic hydroxyl groups excluding tert-OH is 1. The second-order valence-electron chi connectivity index (χ2n) is 5.26. The van der Waals surface area contributed by atoms with E-state index in [9.17, 15) is 4.79 Å². The summed E-state index contributed by atoms with van der Waals surface area (Å²) in [6.45, 7) is 5.71. The molecule has 2 N–H and O–H groups in total. The van der Waals surface area contributed by atoms with Gasteiger partial charge in [-0.15, -0.1) is 0 Å². The Bertz CT molecular complexity index is 620. The molecule has 0 saturated heterocycles. The van der Waals surface area contributed by atoms with Crippen LogP contribution in [0.25, 0.3) is 5.78 Å². The predicted molar refractivity (Wildman–Crippen MR) is 73.4 cm³/mol. The fourth-order valence-corrected chi connectivity index (χ4v) is 2.07. The normalized spacial score (nSPS) is 11.8. The van der Waals surface area contributed by atoms with Crippen molar-refractivity contribution >= 4 is 11.7 Å². The van der Waals surface area contributed by atoms with Crippen LogP contribution in [0.4, 0.5) is 0 Å². The van der Waals surface area contributed by atoms with Gasteiger partial charge >= 0.3 is 0 Å². The fraction of sp³-hybridized carbons (Fsp3) is 0.538. The molecule has 0 bridgehead atoms. The summed E-state index contributed by atoms with van der Waals surface area (Å²) in [7, 11) is 0. The molecule has 1 amide bonds. The SMILES string of the molecule is CCc1c(C(=O)NC(C)(C)CCO)cnc2ncnn12. The molecule has 0 atom stereocenters. The highest BCUT2D eigenvalue weighted by molar-refractivity contribution is 5.95. The van der Waals surface area contributed by atoms with Gasteiger partial charge in [-0.2, -0.15) is 10.1 Å². The van der Waals surface area contributed by atoms with Gasteiger partial charge < -0.3 is 10.4 Å². The molecule has 20 heavy (non-hydrogen) atoms. The molecule has 0 aliphatic carbocycles. The molecule has 0 unspecified atom stereocenters. The quantitative estimate of drug-likeness (QED) is 0.834. The van der Waals surface area contributed by atoms with Gasteiger partial charge in [0.1, 0.15) is 6.33 Å². The van der Waals surface area contributed by atoms with E-state index in [1.807, 2.05) is 20.8 Å². The molecule has 2 aromatic rings. The van der Waals surface area contributed by atoms with Gasteiger partial charge in [0.05, 0.1) is 11.3 Å².